The van der Waals surface area contributed by atoms with Crippen molar-refractivity contribution in [1.29, 1.82) is 5.26 Å². The molecule has 1 aromatic heterocycles. The number of hydrogen-bond donors (Lipinski definition) is 1. The van der Waals surface area contributed by atoms with Crippen molar-refractivity contribution in [2.75, 3.05) is 13.6 Å². The van der Waals surface area contributed by atoms with E-state index in [9.17, 15) is 0 Å². The summed E-state index contributed by atoms with van der Waals surface area (Å²) >= 11 is 6.41. The minimum Gasteiger partial charge on any atom is -0.345 e. The molecule has 2 aliphatic rings. The Kier molecular flexibility index (Phi) is 2.99. The number of likely N-dealkylation sites (N-methyl/N-ethyl adjacent to an activating group) is 1. The van der Waals surface area contributed by atoms with Crippen LogP contribution in [0.25, 0.3) is 10.9 Å². The summed E-state index contributed by atoms with van der Waals surface area (Å²) in [6.45, 7) is 1.02. The number of halogens is 1. The fourth-order valence-electron chi connectivity index (χ4n) is 4.37. The van der Waals surface area contributed by atoms with Gasteiger partial charge in [0.2, 0.25) is 0 Å². The number of nitrogens with one attached hydrogen (secondary N) is 1. The van der Waals surface area contributed by atoms with Gasteiger partial charge in [-0.2, -0.15) is 5.26 Å². The fourth-order valence-corrected chi connectivity index (χ4v) is 4.65. The van der Waals surface area contributed by atoms with Gasteiger partial charge >= 0.3 is 0 Å². The molecule has 0 bridgehead atoms. The van der Waals surface area contributed by atoms with E-state index < -0.39 is 0 Å². The molecule has 1 fully saturated rings. The number of nitriles is 1. The van der Waals surface area contributed by atoms with Crippen LogP contribution in [-0.4, -0.2) is 29.5 Å². The molecule has 3 nitrogen and oxygen atoms in total. The molecule has 1 saturated heterocycles. The third kappa shape index (κ3) is 1.90. The first kappa shape index (κ1) is 13.2. The van der Waals surface area contributed by atoms with E-state index in [1.54, 1.807) is 0 Å². The Labute approximate surface area is 129 Å². The number of likely N-dealkylation sites (tertiary alicyclic amines) is 1. The summed E-state index contributed by atoms with van der Waals surface area (Å²) < 4.78 is 0. The van der Waals surface area contributed by atoms with Crippen molar-refractivity contribution < 1.29 is 0 Å². The molecule has 4 rings (SSSR count). The van der Waals surface area contributed by atoms with Crippen LogP contribution in [-0.2, 0) is 6.42 Å². The van der Waals surface area contributed by atoms with E-state index in [1.165, 1.54) is 16.5 Å². The van der Waals surface area contributed by atoms with Gasteiger partial charge in [0, 0.05) is 35.8 Å². The summed E-state index contributed by atoms with van der Waals surface area (Å²) in [6.07, 6.45) is 2.78. The van der Waals surface area contributed by atoms with Crippen LogP contribution in [0, 0.1) is 17.2 Å². The van der Waals surface area contributed by atoms with Gasteiger partial charge in [0.05, 0.1) is 6.07 Å². The molecule has 108 valence electrons. The van der Waals surface area contributed by atoms with Gasteiger partial charge in [-0.25, -0.2) is 0 Å². The summed E-state index contributed by atoms with van der Waals surface area (Å²) in [6, 6.07) is 9.32. The van der Waals surface area contributed by atoms with Crippen molar-refractivity contribution in [2.45, 2.75) is 31.2 Å². The number of piperidine rings is 1. The number of rotatable bonds is 1. The van der Waals surface area contributed by atoms with E-state index in [0.717, 1.165) is 30.1 Å². The normalized spacial score (nSPS) is 28.3. The van der Waals surface area contributed by atoms with Crippen molar-refractivity contribution >= 4 is 22.5 Å². The SMILES string of the molecule is CN1CC(CC#N)C[C@H]2c3cccc4[nH]c(Cl)c(c34)C[C@@H]21. The second-order valence-electron chi connectivity index (χ2n) is 6.47. The van der Waals surface area contributed by atoms with Gasteiger partial charge < -0.3 is 9.88 Å². The van der Waals surface area contributed by atoms with E-state index in [1.807, 2.05) is 0 Å². The van der Waals surface area contributed by atoms with Crippen molar-refractivity contribution in [3.05, 3.63) is 34.5 Å². The Balaban J connectivity index is 1.84. The molecule has 0 saturated carbocycles. The van der Waals surface area contributed by atoms with E-state index in [-0.39, 0.29) is 0 Å². The first-order chi connectivity index (χ1) is 10.2. The van der Waals surface area contributed by atoms with E-state index >= 15 is 0 Å². The Hall–Kier alpha value is -1.50. The number of fused-ring (bicyclic) bond motifs is 2. The standard InChI is InChI=1S/C17H18ClN3/c1-21-9-10(5-6-19)7-12-11-3-2-4-14-16(11)13(8-15(12)21)17(18)20-14/h2-4,10,12,15,20H,5,7-9H2,1H3/t10?,12-,15-/m0/s1. The van der Waals surface area contributed by atoms with Gasteiger partial charge in [0.25, 0.3) is 0 Å². The first-order valence-corrected chi connectivity index (χ1v) is 7.93. The van der Waals surface area contributed by atoms with Gasteiger partial charge in [-0.3, -0.25) is 0 Å². The quantitative estimate of drug-likeness (QED) is 0.872. The van der Waals surface area contributed by atoms with Gasteiger partial charge in [-0.1, -0.05) is 23.7 Å². The largest absolute Gasteiger partial charge is 0.345 e. The summed E-state index contributed by atoms with van der Waals surface area (Å²) in [4.78, 5) is 5.75. The molecular weight excluding hydrogens is 282 g/mol. The molecule has 1 N–H and O–H groups in total. The van der Waals surface area contributed by atoms with E-state index in [4.69, 9.17) is 16.9 Å². The maximum atomic E-state index is 9.02. The minimum atomic E-state index is 0.479. The summed E-state index contributed by atoms with van der Waals surface area (Å²) in [7, 11) is 2.19. The fraction of sp³-hybridized carbons (Fsp3) is 0.471. The molecule has 4 heteroatoms. The maximum Gasteiger partial charge on any atom is 0.110 e. The third-order valence-electron chi connectivity index (χ3n) is 5.26. The topological polar surface area (TPSA) is 42.8 Å². The minimum absolute atomic E-state index is 0.479. The van der Waals surface area contributed by atoms with Crippen LogP contribution >= 0.6 is 11.6 Å². The Morgan fingerprint density at radius 1 is 1.48 bits per heavy atom. The van der Waals surface area contributed by atoms with Crippen molar-refractivity contribution in [3.63, 3.8) is 0 Å². The van der Waals surface area contributed by atoms with Crippen molar-refractivity contribution in [1.82, 2.24) is 9.88 Å². The smallest absolute Gasteiger partial charge is 0.110 e. The predicted octanol–water partition coefficient (Wildman–Crippen LogP) is 3.69. The number of aromatic nitrogens is 1. The molecule has 21 heavy (non-hydrogen) atoms. The molecule has 0 radical (unpaired) electrons. The lowest BCUT2D eigenvalue weighted by molar-refractivity contribution is 0.113. The number of aromatic amines is 1. The highest BCUT2D eigenvalue weighted by Gasteiger charge is 2.39. The molecule has 1 aromatic carbocycles. The van der Waals surface area contributed by atoms with Crippen LogP contribution in [0.1, 0.15) is 29.9 Å². The molecule has 2 aromatic rings. The zero-order valence-electron chi connectivity index (χ0n) is 12.1. The lowest BCUT2D eigenvalue weighted by Crippen LogP contribution is -2.47. The van der Waals surface area contributed by atoms with Crippen LogP contribution in [0.15, 0.2) is 18.2 Å². The molecule has 1 unspecified atom stereocenters. The Morgan fingerprint density at radius 2 is 2.33 bits per heavy atom. The number of nitrogens with zero attached hydrogens (tertiary/aromatic N) is 2. The molecule has 2 heterocycles. The van der Waals surface area contributed by atoms with Crippen LogP contribution in [0.2, 0.25) is 5.15 Å². The highest BCUT2D eigenvalue weighted by molar-refractivity contribution is 6.32. The highest BCUT2D eigenvalue weighted by atomic mass is 35.5. The van der Waals surface area contributed by atoms with E-state index in [2.05, 4.69) is 41.2 Å². The number of benzene rings is 1. The first-order valence-electron chi connectivity index (χ1n) is 7.55. The zero-order valence-corrected chi connectivity index (χ0v) is 12.8. The second kappa shape index (κ2) is 4.76. The average molecular weight is 300 g/mol. The molecule has 1 aliphatic carbocycles. The van der Waals surface area contributed by atoms with Gasteiger partial charge in [-0.05, 0) is 43.0 Å². The highest BCUT2D eigenvalue weighted by Crippen LogP contribution is 2.46. The Morgan fingerprint density at radius 3 is 3.14 bits per heavy atom. The molecular formula is C17H18ClN3. The lowest BCUT2D eigenvalue weighted by Gasteiger charge is -2.45. The average Bonchev–Trinajstić information content (AvgIpc) is 2.78. The number of H-pyrrole nitrogens is 1. The second-order valence-corrected chi connectivity index (χ2v) is 6.85. The predicted molar refractivity (Wildman–Crippen MR) is 84.5 cm³/mol. The third-order valence-corrected chi connectivity index (χ3v) is 5.59. The molecule has 1 aliphatic heterocycles. The van der Waals surface area contributed by atoms with Crippen molar-refractivity contribution in [3.8, 4) is 6.07 Å². The van der Waals surface area contributed by atoms with Gasteiger partial charge in [-0.15, -0.1) is 0 Å². The maximum absolute atomic E-state index is 9.02. The lowest BCUT2D eigenvalue weighted by atomic mass is 9.72. The molecule has 3 atom stereocenters. The van der Waals surface area contributed by atoms with Crippen LogP contribution < -0.4 is 0 Å². The molecule has 0 amide bonds. The van der Waals surface area contributed by atoms with Gasteiger partial charge in [0.1, 0.15) is 5.15 Å². The summed E-state index contributed by atoms with van der Waals surface area (Å²) in [5, 5.41) is 11.1. The molecule has 0 spiro atoms. The zero-order chi connectivity index (χ0) is 14.6. The van der Waals surface area contributed by atoms with Crippen LogP contribution in [0.3, 0.4) is 0 Å². The summed E-state index contributed by atoms with van der Waals surface area (Å²) in [5.74, 6) is 0.998. The summed E-state index contributed by atoms with van der Waals surface area (Å²) in [5.41, 5.74) is 3.83. The van der Waals surface area contributed by atoms with Gasteiger partial charge in [0.15, 0.2) is 0 Å². The van der Waals surface area contributed by atoms with E-state index in [0.29, 0.717) is 24.3 Å². The Bertz CT molecular complexity index is 742. The van der Waals surface area contributed by atoms with Crippen LogP contribution in [0.4, 0.5) is 0 Å². The number of hydrogen-bond acceptors (Lipinski definition) is 2. The monoisotopic (exact) mass is 299 g/mol. The van der Waals surface area contributed by atoms with Crippen LogP contribution in [0.5, 0.6) is 0 Å². The van der Waals surface area contributed by atoms with Crippen molar-refractivity contribution in [2.24, 2.45) is 5.92 Å².